The molecule has 0 spiro atoms. The van der Waals surface area contributed by atoms with Crippen molar-refractivity contribution in [2.45, 2.75) is 64.8 Å². The normalized spacial score (nSPS) is 17.6. The zero-order valence-corrected chi connectivity index (χ0v) is 12.0. The van der Waals surface area contributed by atoms with Crippen molar-refractivity contribution in [3.8, 4) is 0 Å². The average Bonchev–Trinajstić information content (AvgIpc) is 3.13. The highest BCUT2D eigenvalue weighted by Gasteiger charge is 2.50. The van der Waals surface area contributed by atoms with Crippen LogP contribution >= 0.6 is 0 Å². The SMILES string of the molecule is CCCCCCC(C)NC(=O)NCC1(C(=O)O)CC1. The fraction of sp³-hybridized carbons (Fsp3) is 0.857. The fourth-order valence-electron chi connectivity index (χ4n) is 2.09. The second kappa shape index (κ2) is 7.36. The van der Waals surface area contributed by atoms with Gasteiger partial charge in [0, 0.05) is 12.6 Å². The van der Waals surface area contributed by atoms with Gasteiger partial charge in [-0.15, -0.1) is 0 Å². The first-order valence-corrected chi connectivity index (χ1v) is 7.28. The van der Waals surface area contributed by atoms with E-state index < -0.39 is 11.4 Å². The molecule has 0 aromatic heterocycles. The van der Waals surface area contributed by atoms with Crippen LogP contribution in [0.25, 0.3) is 0 Å². The molecular weight excluding hydrogens is 244 g/mol. The molecule has 1 unspecified atom stereocenters. The third-order valence-corrected chi connectivity index (χ3v) is 3.76. The smallest absolute Gasteiger partial charge is 0.315 e. The molecule has 2 amide bonds. The van der Waals surface area contributed by atoms with Crippen LogP contribution in [0, 0.1) is 5.41 Å². The van der Waals surface area contributed by atoms with E-state index in [4.69, 9.17) is 5.11 Å². The van der Waals surface area contributed by atoms with Gasteiger partial charge in [-0.25, -0.2) is 4.79 Å². The fourth-order valence-corrected chi connectivity index (χ4v) is 2.09. The van der Waals surface area contributed by atoms with Crippen LogP contribution in [0.2, 0.25) is 0 Å². The lowest BCUT2D eigenvalue weighted by Gasteiger charge is -2.16. The van der Waals surface area contributed by atoms with E-state index in [2.05, 4.69) is 17.6 Å². The predicted molar refractivity (Wildman–Crippen MR) is 74.1 cm³/mol. The Bertz CT molecular complexity index is 314. The Morgan fingerprint density at radius 2 is 1.95 bits per heavy atom. The highest BCUT2D eigenvalue weighted by molar-refractivity contribution is 5.80. The summed E-state index contributed by atoms with van der Waals surface area (Å²) in [7, 11) is 0. The largest absolute Gasteiger partial charge is 0.481 e. The Hall–Kier alpha value is -1.26. The van der Waals surface area contributed by atoms with Crippen molar-refractivity contribution in [3.05, 3.63) is 0 Å². The molecule has 1 atom stereocenters. The second-order valence-corrected chi connectivity index (χ2v) is 5.66. The molecule has 0 aromatic rings. The van der Waals surface area contributed by atoms with E-state index in [0.717, 1.165) is 12.8 Å². The predicted octanol–water partition coefficient (Wildman–Crippen LogP) is 2.51. The van der Waals surface area contributed by atoms with E-state index in [-0.39, 0.29) is 18.6 Å². The first-order valence-electron chi connectivity index (χ1n) is 7.28. The minimum absolute atomic E-state index is 0.136. The summed E-state index contributed by atoms with van der Waals surface area (Å²) in [6.07, 6.45) is 7.06. The molecular formula is C14H26N2O3. The number of nitrogens with one attached hydrogen (secondary N) is 2. The maximum atomic E-state index is 11.6. The molecule has 1 aliphatic rings. The van der Waals surface area contributed by atoms with Gasteiger partial charge in [-0.1, -0.05) is 32.6 Å². The maximum absolute atomic E-state index is 11.6. The Labute approximate surface area is 115 Å². The summed E-state index contributed by atoms with van der Waals surface area (Å²) in [6, 6.07) is -0.118. The van der Waals surface area contributed by atoms with Gasteiger partial charge in [0.2, 0.25) is 0 Å². The summed E-state index contributed by atoms with van der Waals surface area (Å²) in [6.45, 7) is 4.39. The minimum atomic E-state index is -0.805. The van der Waals surface area contributed by atoms with Crippen molar-refractivity contribution < 1.29 is 14.7 Å². The third-order valence-electron chi connectivity index (χ3n) is 3.76. The summed E-state index contributed by atoms with van der Waals surface area (Å²) in [5.41, 5.74) is -0.693. The number of aliphatic carboxylic acids is 1. The number of hydrogen-bond donors (Lipinski definition) is 3. The molecule has 0 saturated heterocycles. The molecule has 0 aliphatic heterocycles. The van der Waals surface area contributed by atoms with Crippen molar-refractivity contribution in [2.75, 3.05) is 6.54 Å². The molecule has 1 fully saturated rings. The summed E-state index contributed by atoms with van der Waals surface area (Å²) in [4.78, 5) is 22.6. The van der Waals surface area contributed by atoms with Crippen LogP contribution in [-0.4, -0.2) is 29.7 Å². The molecule has 110 valence electrons. The minimum Gasteiger partial charge on any atom is -0.481 e. The molecule has 1 saturated carbocycles. The van der Waals surface area contributed by atoms with Crippen molar-refractivity contribution in [2.24, 2.45) is 5.41 Å². The van der Waals surface area contributed by atoms with E-state index in [0.29, 0.717) is 12.8 Å². The lowest BCUT2D eigenvalue weighted by Crippen LogP contribution is -2.44. The number of urea groups is 1. The Balaban J connectivity index is 2.11. The van der Waals surface area contributed by atoms with E-state index in [9.17, 15) is 9.59 Å². The summed E-state index contributed by atoms with van der Waals surface area (Å²) in [5.74, 6) is -0.805. The molecule has 0 aromatic carbocycles. The molecule has 1 aliphatic carbocycles. The monoisotopic (exact) mass is 270 g/mol. The van der Waals surface area contributed by atoms with Gasteiger partial charge in [0.15, 0.2) is 0 Å². The zero-order chi connectivity index (χ0) is 14.3. The Kier molecular flexibility index (Phi) is 6.12. The number of unbranched alkanes of at least 4 members (excludes halogenated alkanes) is 3. The number of rotatable bonds is 9. The quantitative estimate of drug-likeness (QED) is 0.563. The number of carbonyl (C=O) groups is 2. The van der Waals surface area contributed by atoms with Crippen LogP contribution in [-0.2, 0) is 4.79 Å². The van der Waals surface area contributed by atoms with Gasteiger partial charge in [0.1, 0.15) is 0 Å². The van der Waals surface area contributed by atoms with Gasteiger partial charge in [-0.2, -0.15) is 0 Å². The molecule has 0 radical (unpaired) electrons. The van der Waals surface area contributed by atoms with Gasteiger partial charge in [0.25, 0.3) is 0 Å². The highest BCUT2D eigenvalue weighted by atomic mass is 16.4. The summed E-state index contributed by atoms with van der Waals surface area (Å²) >= 11 is 0. The van der Waals surface area contributed by atoms with Gasteiger partial charge in [0.05, 0.1) is 5.41 Å². The molecule has 5 heteroatoms. The number of hydrogen-bond acceptors (Lipinski definition) is 2. The molecule has 3 N–H and O–H groups in total. The van der Waals surface area contributed by atoms with Crippen molar-refractivity contribution in [3.63, 3.8) is 0 Å². The molecule has 19 heavy (non-hydrogen) atoms. The first kappa shape index (κ1) is 15.8. The van der Waals surface area contributed by atoms with Crippen LogP contribution in [0.15, 0.2) is 0 Å². The van der Waals surface area contributed by atoms with Gasteiger partial charge >= 0.3 is 12.0 Å². The van der Waals surface area contributed by atoms with Gasteiger partial charge < -0.3 is 15.7 Å². The lowest BCUT2D eigenvalue weighted by atomic mass is 10.1. The zero-order valence-electron chi connectivity index (χ0n) is 12.0. The van der Waals surface area contributed by atoms with E-state index in [1.807, 2.05) is 6.92 Å². The van der Waals surface area contributed by atoms with Crippen molar-refractivity contribution in [1.29, 1.82) is 0 Å². The van der Waals surface area contributed by atoms with Gasteiger partial charge in [-0.05, 0) is 26.2 Å². The molecule has 1 rings (SSSR count). The topological polar surface area (TPSA) is 78.4 Å². The van der Waals surface area contributed by atoms with Crippen molar-refractivity contribution >= 4 is 12.0 Å². The van der Waals surface area contributed by atoms with E-state index >= 15 is 0 Å². The first-order chi connectivity index (χ1) is 9.00. The van der Waals surface area contributed by atoms with Crippen LogP contribution in [0.3, 0.4) is 0 Å². The Morgan fingerprint density at radius 1 is 1.26 bits per heavy atom. The average molecular weight is 270 g/mol. The number of carboxylic acid groups (broad SMARTS) is 1. The lowest BCUT2D eigenvalue weighted by molar-refractivity contribution is -0.143. The Morgan fingerprint density at radius 3 is 2.47 bits per heavy atom. The van der Waals surface area contributed by atoms with Crippen LogP contribution in [0.5, 0.6) is 0 Å². The third kappa shape index (κ3) is 5.49. The van der Waals surface area contributed by atoms with Crippen molar-refractivity contribution in [1.82, 2.24) is 10.6 Å². The van der Waals surface area contributed by atoms with Crippen LogP contribution in [0.1, 0.15) is 58.8 Å². The number of carboxylic acids is 1. The van der Waals surface area contributed by atoms with Gasteiger partial charge in [-0.3, -0.25) is 4.79 Å². The molecule has 0 bridgehead atoms. The summed E-state index contributed by atoms with van der Waals surface area (Å²) in [5, 5.41) is 14.5. The standard InChI is InChI=1S/C14H26N2O3/c1-3-4-5-6-7-11(2)16-13(19)15-10-14(8-9-14)12(17)18/h11H,3-10H2,1-2H3,(H,17,18)(H2,15,16,19). The second-order valence-electron chi connectivity index (χ2n) is 5.66. The van der Waals surface area contributed by atoms with Crippen LogP contribution in [0.4, 0.5) is 4.79 Å². The van der Waals surface area contributed by atoms with E-state index in [1.165, 1.54) is 19.3 Å². The number of amides is 2. The molecule has 0 heterocycles. The molecule has 5 nitrogen and oxygen atoms in total. The summed E-state index contributed by atoms with van der Waals surface area (Å²) < 4.78 is 0. The van der Waals surface area contributed by atoms with E-state index in [1.54, 1.807) is 0 Å². The highest BCUT2D eigenvalue weighted by Crippen LogP contribution is 2.45. The number of carbonyl (C=O) groups excluding carboxylic acids is 1. The van der Waals surface area contributed by atoms with Crippen LogP contribution < -0.4 is 10.6 Å². The maximum Gasteiger partial charge on any atom is 0.315 e.